The smallest absolute Gasteiger partial charge is 0.352 e. The molecule has 0 fully saturated rings. The number of hydrogen-bond donors (Lipinski definition) is 3. The van der Waals surface area contributed by atoms with Crippen LogP contribution in [0.3, 0.4) is 0 Å². The zero-order chi connectivity index (χ0) is 12.1. The van der Waals surface area contributed by atoms with E-state index < -0.39 is 17.8 Å². The Bertz CT molecular complexity index is 337. The Labute approximate surface area is 89.7 Å². The van der Waals surface area contributed by atoms with E-state index in [1.807, 2.05) is 0 Å². The van der Waals surface area contributed by atoms with Crippen LogP contribution in [0.2, 0.25) is 0 Å². The SMILES string of the molecule is FC(F)(F)c1cccc(S)c1.NC(N)=O. The summed E-state index contributed by atoms with van der Waals surface area (Å²) in [5.74, 6) is 0. The van der Waals surface area contributed by atoms with Gasteiger partial charge < -0.3 is 11.5 Å². The van der Waals surface area contributed by atoms with Gasteiger partial charge in [0, 0.05) is 4.90 Å². The van der Waals surface area contributed by atoms with Crippen molar-refractivity contribution in [3.8, 4) is 0 Å². The highest BCUT2D eigenvalue weighted by atomic mass is 32.1. The van der Waals surface area contributed by atoms with Crippen LogP contribution in [0.4, 0.5) is 18.0 Å². The van der Waals surface area contributed by atoms with Crippen molar-refractivity contribution in [3.63, 3.8) is 0 Å². The zero-order valence-corrected chi connectivity index (χ0v) is 8.35. The van der Waals surface area contributed by atoms with Gasteiger partial charge in [0.2, 0.25) is 0 Å². The lowest BCUT2D eigenvalue weighted by Crippen LogP contribution is -2.18. The number of carbonyl (C=O) groups excluding carboxylic acids is 1. The number of rotatable bonds is 0. The van der Waals surface area contributed by atoms with E-state index in [0.29, 0.717) is 4.90 Å². The van der Waals surface area contributed by atoms with Crippen molar-refractivity contribution in [2.45, 2.75) is 11.1 Å². The second-order valence-electron chi connectivity index (χ2n) is 2.45. The summed E-state index contributed by atoms with van der Waals surface area (Å²) < 4.78 is 35.8. The van der Waals surface area contributed by atoms with E-state index in [0.717, 1.165) is 12.1 Å². The molecule has 7 heteroatoms. The number of carbonyl (C=O) groups is 1. The minimum absolute atomic E-state index is 0.319. The van der Waals surface area contributed by atoms with Crippen LogP contribution in [0, 0.1) is 0 Å². The number of alkyl halides is 3. The number of thiol groups is 1. The molecular formula is C8H9F3N2OS. The Balaban J connectivity index is 0.000000423. The Morgan fingerprint density at radius 1 is 1.27 bits per heavy atom. The number of primary amides is 2. The summed E-state index contributed by atoms with van der Waals surface area (Å²) in [6, 6.07) is 3.99. The maximum atomic E-state index is 11.9. The molecule has 1 rings (SSSR count). The van der Waals surface area contributed by atoms with Crippen LogP contribution in [0.1, 0.15) is 5.56 Å². The number of hydrogen-bond acceptors (Lipinski definition) is 2. The Morgan fingerprint density at radius 3 is 2.00 bits per heavy atom. The third kappa shape index (κ3) is 6.67. The van der Waals surface area contributed by atoms with E-state index in [9.17, 15) is 13.2 Å². The molecule has 0 unspecified atom stereocenters. The van der Waals surface area contributed by atoms with Crippen molar-refractivity contribution < 1.29 is 18.0 Å². The second kappa shape index (κ2) is 5.50. The molecule has 15 heavy (non-hydrogen) atoms. The lowest BCUT2D eigenvalue weighted by Gasteiger charge is -2.05. The van der Waals surface area contributed by atoms with E-state index in [-0.39, 0.29) is 0 Å². The molecule has 84 valence electrons. The number of amides is 2. The van der Waals surface area contributed by atoms with Gasteiger partial charge in [-0.05, 0) is 18.2 Å². The van der Waals surface area contributed by atoms with E-state index in [4.69, 9.17) is 4.79 Å². The van der Waals surface area contributed by atoms with Crippen LogP contribution >= 0.6 is 12.6 Å². The predicted molar refractivity (Wildman–Crippen MR) is 52.5 cm³/mol. The fourth-order valence-electron chi connectivity index (χ4n) is 0.682. The summed E-state index contributed by atoms with van der Waals surface area (Å²) in [6.07, 6.45) is -4.27. The first-order chi connectivity index (χ1) is 6.73. The van der Waals surface area contributed by atoms with Gasteiger partial charge in [-0.3, -0.25) is 0 Å². The molecular weight excluding hydrogens is 229 g/mol. The van der Waals surface area contributed by atoms with Crippen LogP contribution in [-0.4, -0.2) is 6.03 Å². The van der Waals surface area contributed by atoms with Crippen LogP contribution in [0.25, 0.3) is 0 Å². The van der Waals surface area contributed by atoms with Gasteiger partial charge in [0.1, 0.15) is 0 Å². The normalized spacial score (nSPS) is 10.1. The molecule has 0 saturated heterocycles. The Hall–Kier alpha value is -1.37. The molecule has 2 amide bonds. The molecule has 0 aliphatic carbocycles. The standard InChI is InChI=1S/C7H5F3S.CH4N2O/c8-7(9,10)5-2-1-3-6(11)4-5;2-1(3)4/h1-4,11H;(H4,2,3,4). The van der Waals surface area contributed by atoms with E-state index >= 15 is 0 Å². The fraction of sp³-hybridized carbons (Fsp3) is 0.125. The molecule has 0 bridgehead atoms. The zero-order valence-electron chi connectivity index (χ0n) is 7.45. The quantitative estimate of drug-likeness (QED) is 0.594. The van der Waals surface area contributed by atoms with Crippen molar-refractivity contribution in [1.82, 2.24) is 0 Å². The monoisotopic (exact) mass is 238 g/mol. The summed E-state index contributed by atoms with van der Waals surface area (Å²) in [7, 11) is 0. The van der Waals surface area contributed by atoms with Crippen LogP contribution in [-0.2, 0) is 6.18 Å². The lowest BCUT2D eigenvalue weighted by atomic mass is 10.2. The molecule has 0 radical (unpaired) electrons. The summed E-state index contributed by atoms with van der Waals surface area (Å²) in [6.45, 7) is 0. The lowest BCUT2D eigenvalue weighted by molar-refractivity contribution is -0.137. The van der Waals surface area contributed by atoms with Crippen molar-refractivity contribution in [2.24, 2.45) is 11.5 Å². The number of nitrogens with two attached hydrogens (primary N) is 2. The molecule has 0 aliphatic heterocycles. The topological polar surface area (TPSA) is 69.1 Å². The average molecular weight is 238 g/mol. The molecule has 0 atom stereocenters. The summed E-state index contributed by atoms with van der Waals surface area (Å²) in [5.41, 5.74) is 7.84. The number of benzene rings is 1. The van der Waals surface area contributed by atoms with Gasteiger partial charge in [0.15, 0.2) is 0 Å². The highest BCUT2D eigenvalue weighted by molar-refractivity contribution is 7.80. The van der Waals surface area contributed by atoms with Crippen molar-refractivity contribution >= 4 is 18.7 Å². The molecule has 0 spiro atoms. The summed E-state index contributed by atoms with van der Waals surface area (Å²) in [4.78, 5) is 9.32. The highest BCUT2D eigenvalue weighted by Gasteiger charge is 2.29. The van der Waals surface area contributed by atoms with E-state index in [2.05, 4.69) is 24.1 Å². The van der Waals surface area contributed by atoms with Gasteiger partial charge >= 0.3 is 12.2 Å². The van der Waals surface area contributed by atoms with Gasteiger partial charge in [-0.15, -0.1) is 12.6 Å². The first kappa shape index (κ1) is 13.6. The first-order valence-electron chi connectivity index (χ1n) is 3.64. The van der Waals surface area contributed by atoms with Crippen LogP contribution < -0.4 is 11.5 Å². The molecule has 1 aromatic rings. The van der Waals surface area contributed by atoms with Gasteiger partial charge in [0.05, 0.1) is 5.56 Å². The van der Waals surface area contributed by atoms with E-state index in [1.165, 1.54) is 12.1 Å². The minimum Gasteiger partial charge on any atom is -0.352 e. The minimum atomic E-state index is -4.27. The maximum absolute atomic E-state index is 11.9. The third-order valence-corrected chi connectivity index (χ3v) is 1.45. The van der Waals surface area contributed by atoms with Crippen LogP contribution in [0.15, 0.2) is 29.2 Å². The van der Waals surface area contributed by atoms with Gasteiger partial charge in [-0.25, -0.2) is 4.79 Å². The summed E-state index contributed by atoms with van der Waals surface area (Å²) in [5, 5.41) is 0. The Kier molecular flexibility index (Phi) is 4.99. The van der Waals surface area contributed by atoms with Gasteiger partial charge in [-0.1, -0.05) is 6.07 Å². The largest absolute Gasteiger partial charge is 0.416 e. The van der Waals surface area contributed by atoms with Gasteiger partial charge in [0.25, 0.3) is 0 Å². The van der Waals surface area contributed by atoms with Gasteiger partial charge in [-0.2, -0.15) is 13.2 Å². The number of urea groups is 1. The Morgan fingerprint density at radius 2 is 1.73 bits per heavy atom. The maximum Gasteiger partial charge on any atom is 0.416 e. The first-order valence-corrected chi connectivity index (χ1v) is 4.09. The highest BCUT2D eigenvalue weighted by Crippen LogP contribution is 2.29. The molecule has 0 heterocycles. The van der Waals surface area contributed by atoms with Crippen molar-refractivity contribution in [2.75, 3.05) is 0 Å². The third-order valence-electron chi connectivity index (χ3n) is 1.17. The molecule has 0 saturated carbocycles. The van der Waals surface area contributed by atoms with Crippen molar-refractivity contribution in [3.05, 3.63) is 29.8 Å². The second-order valence-corrected chi connectivity index (χ2v) is 2.97. The fourth-order valence-corrected chi connectivity index (χ4v) is 0.907. The van der Waals surface area contributed by atoms with Crippen molar-refractivity contribution in [1.29, 1.82) is 0 Å². The van der Waals surface area contributed by atoms with Crippen LogP contribution in [0.5, 0.6) is 0 Å². The average Bonchev–Trinajstić information content (AvgIpc) is 2.01. The summed E-state index contributed by atoms with van der Waals surface area (Å²) >= 11 is 3.79. The molecule has 0 aliphatic rings. The molecule has 0 aromatic heterocycles. The van der Waals surface area contributed by atoms with E-state index in [1.54, 1.807) is 0 Å². The number of halogens is 3. The predicted octanol–water partition coefficient (Wildman–Crippen LogP) is 2.02. The molecule has 4 N–H and O–H groups in total. The molecule has 1 aromatic carbocycles. The molecule has 3 nitrogen and oxygen atoms in total.